The summed E-state index contributed by atoms with van der Waals surface area (Å²) in [4.78, 5) is 4.48. The molecule has 1 atom stereocenters. The molecule has 2 aromatic rings. The van der Waals surface area contributed by atoms with Crippen molar-refractivity contribution in [3.63, 3.8) is 0 Å². The lowest BCUT2D eigenvalue weighted by molar-refractivity contribution is 0.236. The third-order valence-corrected chi connectivity index (χ3v) is 4.28. The van der Waals surface area contributed by atoms with Crippen LogP contribution in [0.4, 0.5) is 0 Å². The normalized spacial score (nSPS) is 13.6. The summed E-state index contributed by atoms with van der Waals surface area (Å²) in [5.41, 5.74) is 2.68. The van der Waals surface area contributed by atoms with Crippen molar-refractivity contribution in [1.29, 1.82) is 0 Å². The van der Waals surface area contributed by atoms with Crippen LogP contribution in [-0.4, -0.2) is 11.5 Å². The number of hydrogen-bond donors (Lipinski definition) is 1. The lowest BCUT2D eigenvalue weighted by Crippen LogP contribution is -2.34. The van der Waals surface area contributed by atoms with Crippen molar-refractivity contribution < 1.29 is 0 Å². The minimum Gasteiger partial charge on any atom is -0.309 e. The van der Waals surface area contributed by atoms with Gasteiger partial charge in [-0.1, -0.05) is 45.9 Å². The van der Waals surface area contributed by atoms with Gasteiger partial charge in [0.05, 0.1) is 5.52 Å². The summed E-state index contributed by atoms with van der Waals surface area (Å²) >= 11 is 0. The molecule has 1 heterocycles. The first-order chi connectivity index (χ1) is 9.60. The highest BCUT2D eigenvalue weighted by Gasteiger charge is 2.29. The van der Waals surface area contributed by atoms with Crippen LogP contribution in [0.2, 0.25) is 0 Å². The molecule has 108 valence electrons. The average molecular weight is 270 g/mol. The van der Waals surface area contributed by atoms with Gasteiger partial charge in [-0.05, 0) is 42.5 Å². The predicted octanol–water partition coefficient (Wildman–Crippen LogP) is 4.71. The third-order valence-electron chi connectivity index (χ3n) is 4.28. The number of pyridine rings is 1. The highest BCUT2D eigenvalue weighted by Crippen LogP contribution is 2.38. The Kier molecular flexibility index (Phi) is 4.77. The zero-order valence-electron chi connectivity index (χ0n) is 13.1. The molecule has 0 saturated heterocycles. The molecule has 0 radical (unpaired) electrons. The molecule has 2 nitrogen and oxygen atoms in total. The maximum Gasteiger partial charge on any atom is 0.0705 e. The molecule has 0 fully saturated rings. The molecule has 2 rings (SSSR count). The Labute approximate surface area is 122 Å². The standard InChI is InChI=1S/C18H26N2/c1-5-12-20-17(18(3,4)6-2)15-9-7-11-16-14(15)10-8-13-19-16/h7-11,13,17,20H,5-6,12H2,1-4H3. The summed E-state index contributed by atoms with van der Waals surface area (Å²) in [6.07, 6.45) is 4.16. The maximum atomic E-state index is 4.48. The lowest BCUT2D eigenvalue weighted by Gasteiger charge is -2.35. The van der Waals surface area contributed by atoms with Gasteiger partial charge < -0.3 is 5.32 Å². The molecule has 0 spiro atoms. The molecule has 1 aromatic carbocycles. The molecule has 0 saturated carbocycles. The molecule has 0 amide bonds. The van der Waals surface area contributed by atoms with E-state index in [0.29, 0.717) is 6.04 Å². The van der Waals surface area contributed by atoms with Gasteiger partial charge in [-0.2, -0.15) is 0 Å². The van der Waals surface area contributed by atoms with Gasteiger partial charge in [0.2, 0.25) is 0 Å². The number of benzene rings is 1. The number of hydrogen-bond acceptors (Lipinski definition) is 2. The fraction of sp³-hybridized carbons (Fsp3) is 0.500. The lowest BCUT2D eigenvalue weighted by atomic mass is 9.77. The van der Waals surface area contributed by atoms with Gasteiger partial charge in [-0.25, -0.2) is 0 Å². The predicted molar refractivity (Wildman–Crippen MR) is 86.8 cm³/mol. The van der Waals surface area contributed by atoms with Crippen molar-refractivity contribution in [3.8, 4) is 0 Å². The van der Waals surface area contributed by atoms with Crippen molar-refractivity contribution >= 4 is 10.9 Å². The van der Waals surface area contributed by atoms with Crippen LogP contribution in [0.15, 0.2) is 36.5 Å². The van der Waals surface area contributed by atoms with Crippen LogP contribution in [-0.2, 0) is 0 Å². The molecule has 1 unspecified atom stereocenters. The Morgan fingerprint density at radius 3 is 2.65 bits per heavy atom. The SMILES string of the molecule is CCCNC(c1cccc2ncccc12)C(C)(C)CC. The van der Waals surface area contributed by atoms with E-state index in [1.165, 1.54) is 10.9 Å². The Morgan fingerprint density at radius 1 is 1.15 bits per heavy atom. The van der Waals surface area contributed by atoms with Gasteiger partial charge in [0, 0.05) is 17.6 Å². The summed E-state index contributed by atoms with van der Waals surface area (Å²) in [7, 11) is 0. The molecular weight excluding hydrogens is 244 g/mol. The Bertz CT molecular complexity index is 555. The maximum absolute atomic E-state index is 4.48. The summed E-state index contributed by atoms with van der Waals surface area (Å²) in [5, 5.41) is 5.01. The molecule has 1 aromatic heterocycles. The van der Waals surface area contributed by atoms with Gasteiger partial charge in [-0.15, -0.1) is 0 Å². The monoisotopic (exact) mass is 270 g/mol. The number of fused-ring (bicyclic) bond motifs is 1. The fourth-order valence-electron chi connectivity index (χ4n) is 2.68. The van der Waals surface area contributed by atoms with E-state index in [2.05, 4.69) is 62.3 Å². The van der Waals surface area contributed by atoms with Gasteiger partial charge in [0.1, 0.15) is 0 Å². The number of nitrogens with one attached hydrogen (secondary N) is 1. The number of aromatic nitrogens is 1. The average Bonchev–Trinajstić information content (AvgIpc) is 2.47. The minimum atomic E-state index is 0.222. The molecule has 20 heavy (non-hydrogen) atoms. The van der Waals surface area contributed by atoms with Crippen LogP contribution in [0.25, 0.3) is 10.9 Å². The van der Waals surface area contributed by atoms with Crippen LogP contribution in [0.3, 0.4) is 0 Å². The molecular formula is C18H26N2. The van der Waals surface area contributed by atoms with E-state index in [1.807, 2.05) is 12.3 Å². The van der Waals surface area contributed by atoms with E-state index in [1.54, 1.807) is 0 Å². The van der Waals surface area contributed by atoms with Gasteiger partial charge in [0.25, 0.3) is 0 Å². The largest absolute Gasteiger partial charge is 0.309 e. The first kappa shape index (κ1) is 15.0. The Balaban J connectivity index is 2.50. The van der Waals surface area contributed by atoms with Crippen molar-refractivity contribution in [3.05, 3.63) is 42.1 Å². The highest BCUT2D eigenvalue weighted by molar-refractivity contribution is 5.82. The second kappa shape index (κ2) is 6.36. The van der Waals surface area contributed by atoms with Crippen molar-refractivity contribution in [2.24, 2.45) is 5.41 Å². The van der Waals surface area contributed by atoms with Gasteiger partial charge in [0.15, 0.2) is 0 Å². The fourth-order valence-corrected chi connectivity index (χ4v) is 2.68. The zero-order chi connectivity index (χ0) is 14.6. The molecule has 0 aliphatic heterocycles. The van der Waals surface area contributed by atoms with Crippen molar-refractivity contribution in [1.82, 2.24) is 10.3 Å². The highest BCUT2D eigenvalue weighted by atomic mass is 14.9. The molecule has 0 aliphatic carbocycles. The molecule has 0 bridgehead atoms. The summed E-state index contributed by atoms with van der Waals surface area (Å²) < 4.78 is 0. The van der Waals surface area contributed by atoms with E-state index in [9.17, 15) is 0 Å². The quantitative estimate of drug-likeness (QED) is 0.822. The number of nitrogens with zero attached hydrogens (tertiary/aromatic N) is 1. The number of rotatable bonds is 6. The van der Waals surface area contributed by atoms with Crippen molar-refractivity contribution in [2.75, 3.05) is 6.54 Å². The smallest absolute Gasteiger partial charge is 0.0705 e. The summed E-state index contributed by atoms with van der Waals surface area (Å²) in [5.74, 6) is 0. The Hall–Kier alpha value is -1.41. The second-order valence-corrected chi connectivity index (χ2v) is 6.15. The molecule has 2 heteroatoms. The minimum absolute atomic E-state index is 0.222. The van der Waals surface area contributed by atoms with Crippen LogP contribution >= 0.6 is 0 Å². The van der Waals surface area contributed by atoms with Gasteiger partial charge >= 0.3 is 0 Å². The second-order valence-electron chi connectivity index (χ2n) is 6.15. The molecule has 0 aliphatic rings. The van der Waals surface area contributed by atoms with E-state index >= 15 is 0 Å². The third kappa shape index (κ3) is 3.01. The van der Waals surface area contributed by atoms with Crippen LogP contribution in [0.1, 0.15) is 52.1 Å². The van der Waals surface area contributed by atoms with E-state index in [-0.39, 0.29) is 5.41 Å². The van der Waals surface area contributed by atoms with E-state index in [4.69, 9.17) is 0 Å². The first-order valence-electron chi connectivity index (χ1n) is 7.67. The van der Waals surface area contributed by atoms with Crippen LogP contribution < -0.4 is 5.32 Å². The van der Waals surface area contributed by atoms with E-state index in [0.717, 1.165) is 24.9 Å². The first-order valence-corrected chi connectivity index (χ1v) is 7.67. The summed E-state index contributed by atoms with van der Waals surface area (Å²) in [6, 6.07) is 11.0. The Morgan fingerprint density at radius 2 is 1.95 bits per heavy atom. The van der Waals surface area contributed by atoms with Gasteiger partial charge in [-0.3, -0.25) is 4.98 Å². The zero-order valence-corrected chi connectivity index (χ0v) is 13.1. The topological polar surface area (TPSA) is 24.9 Å². The van der Waals surface area contributed by atoms with Crippen molar-refractivity contribution in [2.45, 2.75) is 46.6 Å². The van der Waals surface area contributed by atoms with E-state index < -0.39 is 0 Å². The molecule has 1 N–H and O–H groups in total. The van der Waals surface area contributed by atoms with Crippen LogP contribution in [0.5, 0.6) is 0 Å². The van der Waals surface area contributed by atoms with Crippen LogP contribution in [0, 0.1) is 5.41 Å². The summed E-state index contributed by atoms with van der Waals surface area (Å²) in [6.45, 7) is 10.2.